The van der Waals surface area contributed by atoms with E-state index in [0.717, 1.165) is 17.7 Å². The van der Waals surface area contributed by atoms with Gasteiger partial charge in [0.25, 0.3) is 0 Å². The van der Waals surface area contributed by atoms with E-state index >= 15 is 0 Å². The van der Waals surface area contributed by atoms with Crippen molar-refractivity contribution in [1.29, 1.82) is 0 Å². The number of nitrogens with one attached hydrogen (secondary N) is 1. The molecule has 0 unspecified atom stereocenters. The van der Waals surface area contributed by atoms with Crippen LogP contribution in [0.2, 0.25) is 0 Å². The van der Waals surface area contributed by atoms with Gasteiger partial charge in [-0.2, -0.15) is 5.10 Å². The molecule has 0 radical (unpaired) electrons. The summed E-state index contributed by atoms with van der Waals surface area (Å²) in [7, 11) is 0. The maximum Gasteiger partial charge on any atom is 0.317 e. The zero-order valence-electron chi connectivity index (χ0n) is 15.3. The Balaban J connectivity index is 1.50. The number of carbonyl (C=O) groups excluding carboxylic acids is 1. The molecule has 27 heavy (non-hydrogen) atoms. The molecule has 1 heterocycles. The molecule has 0 aliphatic carbocycles. The average Bonchev–Trinajstić information content (AvgIpc) is 3.24. The lowest BCUT2D eigenvalue weighted by Crippen LogP contribution is -2.40. The van der Waals surface area contributed by atoms with E-state index in [1.165, 1.54) is 5.56 Å². The van der Waals surface area contributed by atoms with E-state index in [4.69, 9.17) is 0 Å². The van der Waals surface area contributed by atoms with Gasteiger partial charge in [-0.25, -0.2) is 9.48 Å². The SMILES string of the molecule is C=CCN(Cc1ccccc1)C(=O)NCCc1ccc(-n2cccn2)cc1. The number of hydrogen-bond acceptors (Lipinski definition) is 2. The number of benzene rings is 2. The Morgan fingerprint density at radius 3 is 2.52 bits per heavy atom. The zero-order valence-corrected chi connectivity index (χ0v) is 15.3. The minimum absolute atomic E-state index is 0.0769. The fourth-order valence-corrected chi connectivity index (χ4v) is 2.84. The highest BCUT2D eigenvalue weighted by atomic mass is 16.2. The minimum Gasteiger partial charge on any atom is -0.338 e. The Kier molecular flexibility index (Phi) is 6.41. The van der Waals surface area contributed by atoms with Crippen LogP contribution in [-0.4, -0.2) is 33.8 Å². The maximum absolute atomic E-state index is 12.5. The summed E-state index contributed by atoms with van der Waals surface area (Å²) in [6.07, 6.45) is 6.19. The topological polar surface area (TPSA) is 50.2 Å². The highest BCUT2D eigenvalue weighted by Crippen LogP contribution is 2.09. The summed E-state index contributed by atoms with van der Waals surface area (Å²) in [5, 5.41) is 7.22. The number of aromatic nitrogens is 2. The zero-order chi connectivity index (χ0) is 18.9. The molecule has 1 N–H and O–H groups in total. The third-order valence-electron chi connectivity index (χ3n) is 4.25. The summed E-state index contributed by atoms with van der Waals surface area (Å²) in [6, 6.07) is 20.0. The molecule has 2 aromatic carbocycles. The molecule has 0 aliphatic rings. The van der Waals surface area contributed by atoms with Crippen molar-refractivity contribution in [3.63, 3.8) is 0 Å². The van der Waals surface area contributed by atoms with Crippen LogP contribution in [0.15, 0.2) is 85.7 Å². The molecule has 1 aromatic heterocycles. The number of urea groups is 1. The van der Waals surface area contributed by atoms with Gasteiger partial charge >= 0.3 is 6.03 Å². The van der Waals surface area contributed by atoms with Gasteiger partial charge in [-0.15, -0.1) is 6.58 Å². The fraction of sp³-hybridized carbons (Fsp3) is 0.182. The van der Waals surface area contributed by atoms with Crippen LogP contribution in [0, 0.1) is 0 Å². The summed E-state index contributed by atoms with van der Waals surface area (Å²) in [4.78, 5) is 14.2. The Bertz CT molecular complexity index is 842. The first kappa shape index (κ1) is 18.5. The third-order valence-corrected chi connectivity index (χ3v) is 4.25. The van der Waals surface area contributed by atoms with Crippen LogP contribution >= 0.6 is 0 Å². The van der Waals surface area contributed by atoms with E-state index in [1.54, 1.807) is 17.2 Å². The quantitative estimate of drug-likeness (QED) is 0.621. The minimum atomic E-state index is -0.0769. The molecule has 0 spiro atoms. The summed E-state index contributed by atoms with van der Waals surface area (Å²) >= 11 is 0. The molecule has 0 bridgehead atoms. The van der Waals surface area contributed by atoms with Crippen molar-refractivity contribution in [2.45, 2.75) is 13.0 Å². The van der Waals surface area contributed by atoms with Crippen LogP contribution in [0.3, 0.4) is 0 Å². The second-order valence-corrected chi connectivity index (χ2v) is 6.25. The molecule has 0 atom stereocenters. The van der Waals surface area contributed by atoms with Gasteiger partial charge in [-0.1, -0.05) is 48.5 Å². The monoisotopic (exact) mass is 360 g/mol. The molecule has 2 amide bonds. The van der Waals surface area contributed by atoms with E-state index in [-0.39, 0.29) is 6.03 Å². The van der Waals surface area contributed by atoms with Crippen molar-refractivity contribution in [3.05, 3.63) is 96.8 Å². The largest absolute Gasteiger partial charge is 0.338 e. The molecule has 0 aliphatic heterocycles. The number of hydrogen-bond donors (Lipinski definition) is 1. The van der Waals surface area contributed by atoms with Crippen LogP contribution in [0.1, 0.15) is 11.1 Å². The van der Waals surface area contributed by atoms with E-state index in [2.05, 4.69) is 29.1 Å². The van der Waals surface area contributed by atoms with Crippen molar-refractivity contribution < 1.29 is 4.79 Å². The molecule has 0 saturated heterocycles. The van der Waals surface area contributed by atoms with Crippen molar-refractivity contribution in [2.24, 2.45) is 0 Å². The van der Waals surface area contributed by atoms with Gasteiger partial charge in [0.1, 0.15) is 0 Å². The third kappa shape index (κ3) is 5.31. The van der Waals surface area contributed by atoms with Crippen molar-refractivity contribution in [3.8, 4) is 5.69 Å². The van der Waals surface area contributed by atoms with Crippen LogP contribution < -0.4 is 5.32 Å². The molecule has 3 aromatic rings. The lowest BCUT2D eigenvalue weighted by molar-refractivity contribution is 0.201. The predicted molar refractivity (Wildman–Crippen MR) is 108 cm³/mol. The molecule has 138 valence electrons. The first-order chi connectivity index (χ1) is 13.3. The van der Waals surface area contributed by atoms with Crippen LogP contribution in [0.25, 0.3) is 5.69 Å². The normalized spacial score (nSPS) is 10.4. The number of amides is 2. The Morgan fingerprint density at radius 1 is 1.07 bits per heavy atom. The second kappa shape index (κ2) is 9.38. The standard InChI is InChI=1S/C22H24N4O/c1-2-16-25(18-20-7-4-3-5-8-20)22(27)23-15-13-19-9-11-21(12-10-19)26-17-6-14-24-26/h2-12,14,17H,1,13,15-16,18H2,(H,23,27). The molecule has 3 rings (SSSR count). The van der Waals surface area contributed by atoms with E-state index in [0.29, 0.717) is 19.6 Å². The molecule has 0 saturated carbocycles. The molecule has 5 heteroatoms. The predicted octanol–water partition coefficient (Wildman–Crippen LogP) is 3.81. The summed E-state index contributed by atoms with van der Waals surface area (Å²) in [6.45, 7) is 5.42. The smallest absolute Gasteiger partial charge is 0.317 e. The molecular formula is C22H24N4O. The van der Waals surface area contributed by atoms with E-state index in [9.17, 15) is 4.79 Å². The van der Waals surface area contributed by atoms with Gasteiger partial charge in [0, 0.05) is 32.0 Å². The van der Waals surface area contributed by atoms with Crippen LogP contribution in [0.5, 0.6) is 0 Å². The van der Waals surface area contributed by atoms with Gasteiger partial charge in [0.2, 0.25) is 0 Å². The van der Waals surface area contributed by atoms with Gasteiger partial charge in [-0.05, 0) is 35.7 Å². The van der Waals surface area contributed by atoms with Gasteiger partial charge < -0.3 is 10.2 Å². The lowest BCUT2D eigenvalue weighted by atomic mass is 10.1. The summed E-state index contributed by atoms with van der Waals surface area (Å²) < 4.78 is 1.82. The Labute approximate surface area is 159 Å². The van der Waals surface area contributed by atoms with Crippen molar-refractivity contribution in [2.75, 3.05) is 13.1 Å². The van der Waals surface area contributed by atoms with Gasteiger partial charge in [0.15, 0.2) is 0 Å². The number of nitrogens with zero attached hydrogens (tertiary/aromatic N) is 3. The molecule has 0 fully saturated rings. The van der Waals surface area contributed by atoms with Crippen molar-refractivity contribution >= 4 is 6.03 Å². The van der Waals surface area contributed by atoms with Gasteiger partial charge in [-0.3, -0.25) is 0 Å². The second-order valence-electron chi connectivity index (χ2n) is 6.25. The number of rotatable bonds is 8. The molecular weight excluding hydrogens is 336 g/mol. The Morgan fingerprint density at radius 2 is 1.85 bits per heavy atom. The molecule has 5 nitrogen and oxygen atoms in total. The summed E-state index contributed by atoms with van der Waals surface area (Å²) in [5.41, 5.74) is 3.29. The fourth-order valence-electron chi connectivity index (χ4n) is 2.84. The van der Waals surface area contributed by atoms with E-state index in [1.807, 2.05) is 59.4 Å². The van der Waals surface area contributed by atoms with E-state index < -0.39 is 0 Å². The lowest BCUT2D eigenvalue weighted by Gasteiger charge is -2.21. The first-order valence-electron chi connectivity index (χ1n) is 9.03. The van der Waals surface area contributed by atoms with Gasteiger partial charge in [0.05, 0.1) is 5.69 Å². The maximum atomic E-state index is 12.5. The first-order valence-corrected chi connectivity index (χ1v) is 9.03. The highest BCUT2D eigenvalue weighted by Gasteiger charge is 2.11. The summed E-state index contributed by atoms with van der Waals surface area (Å²) in [5.74, 6) is 0. The van der Waals surface area contributed by atoms with Crippen LogP contribution in [0.4, 0.5) is 4.79 Å². The van der Waals surface area contributed by atoms with Crippen molar-refractivity contribution in [1.82, 2.24) is 20.0 Å². The average molecular weight is 360 g/mol. The Hall–Kier alpha value is -3.34. The van der Waals surface area contributed by atoms with Crippen LogP contribution in [-0.2, 0) is 13.0 Å². The highest BCUT2D eigenvalue weighted by molar-refractivity contribution is 5.74. The number of carbonyl (C=O) groups is 1.